The Labute approximate surface area is 134 Å². The number of hydrogen-bond acceptors (Lipinski definition) is 2. The summed E-state index contributed by atoms with van der Waals surface area (Å²) in [5, 5.41) is 4.82. The Kier molecular flexibility index (Phi) is 5.10. The van der Waals surface area contributed by atoms with Gasteiger partial charge in [0.1, 0.15) is 0 Å². The van der Waals surface area contributed by atoms with Crippen LogP contribution in [0.2, 0.25) is 0 Å². The number of nitrogens with zero attached hydrogens (tertiary/aromatic N) is 1. The normalized spacial score (nSPS) is 19.8. The number of hydrazone groups is 1. The average molecular weight is 294 g/mol. The molecule has 0 aromatic heterocycles. The minimum absolute atomic E-state index is 0.559. The number of nitrogens with one attached hydrogen (secondary N) is 1. The van der Waals surface area contributed by atoms with E-state index in [2.05, 4.69) is 54.8 Å². The number of rotatable bonds is 5. The second-order valence-electron chi connectivity index (χ2n) is 6.46. The molecule has 0 atom stereocenters. The first-order valence-corrected chi connectivity index (χ1v) is 8.55. The third kappa shape index (κ3) is 3.88. The molecular weight excluding hydrogens is 268 g/mol. The van der Waals surface area contributed by atoms with Crippen molar-refractivity contribution in [1.82, 2.24) is 5.43 Å². The predicted octanol–water partition coefficient (Wildman–Crippen LogP) is 4.98. The summed E-state index contributed by atoms with van der Waals surface area (Å²) in [4.78, 5) is 0. The number of hydrogen-bond donors (Lipinski definition) is 1. The molecule has 2 heteroatoms. The van der Waals surface area contributed by atoms with Crippen molar-refractivity contribution >= 4 is 5.71 Å². The summed E-state index contributed by atoms with van der Waals surface area (Å²) in [5.41, 5.74) is 8.76. The standard InChI is InChI=1S/C20H26N2/c1-16-9-8-12-18(16)15-20(17-10-4-2-5-11-17)22-21-19-13-6-3-7-14-19/h2,4-5,8-11,19,21H,3,6-7,12-15H2,1H3. The fraction of sp³-hybridized carbons (Fsp3) is 0.450. The summed E-state index contributed by atoms with van der Waals surface area (Å²) in [7, 11) is 0. The van der Waals surface area contributed by atoms with Gasteiger partial charge < -0.3 is 5.43 Å². The summed E-state index contributed by atoms with van der Waals surface area (Å²) < 4.78 is 0. The van der Waals surface area contributed by atoms with Gasteiger partial charge in [-0.05, 0) is 31.7 Å². The first-order valence-electron chi connectivity index (χ1n) is 8.55. The maximum absolute atomic E-state index is 4.82. The van der Waals surface area contributed by atoms with Crippen LogP contribution in [0.15, 0.2) is 58.7 Å². The van der Waals surface area contributed by atoms with Crippen molar-refractivity contribution in [3.63, 3.8) is 0 Å². The van der Waals surface area contributed by atoms with Gasteiger partial charge in [0.2, 0.25) is 0 Å². The van der Waals surface area contributed by atoms with Crippen molar-refractivity contribution < 1.29 is 0 Å². The molecule has 2 aliphatic carbocycles. The molecule has 0 saturated heterocycles. The van der Waals surface area contributed by atoms with Crippen LogP contribution in [0, 0.1) is 0 Å². The van der Waals surface area contributed by atoms with Crippen molar-refractivity contribution in [3.05, 3.63) is 59.2 Å². The fourth-order valence-electron chi connectivity index (χ4n) is 3.31. The van der Waals surface area contributed by atoms with E-state index in [1.54, 1.807) is 0 Å². The lowest BCUT2D eigenvalue weighted by Gasteiger charge is -2.22. The Morgan fingerprint density at radius 2 is 1.91 bits per heavy atom. The van der Waals surface area contributed by atoms with E-state index in [4.69, 9.17) is 5.10 Å². The zero-order valence-electron chi connectivity index (χ0n) is 13.5. The maximum atomic E-state index is 4.82. The summed E-state index contributed by atoms with van der Waals surface area (Å²) >= 11 is 0. The van der Waals surface area contributed by atoms with Crippen LogP contribution in [0.1, 0.15) is 57.4 Å². The van der Waals surface area contributed by atoms with Gasteiger partial charge in [0, 0.05) is 12.5 Å². The lowest BCUT2D eigenvalue weighted by Crippen LogP contribution is -2.28. The molecule has 1 N–H and O–H groups in total. The van der Waals surface area contributed by atoms with E-state index < -0.39 is 0 Å². The van der Waals surface area contributed by atoms with Gasteiger partial charge >= 0.3 is 0 Å². The van der Waals surface area contributed by atoms with Crippen molar-refractivity contribution in [2.75, 3.05) is 0 Å². The lowest BCUT2D eigenvalue weighted by atomic mass is 9.96. The molecule has 3 rings (SSSR count). The monoisotopic (exact) mass is 294 g/mol. The molecule has 0 spiro atoms. The molecule has 1 aromatic carbocycles. The van der Waals surface area contributed by atoms with E-state index in [1.807, 2.05) is 0 Å². The molecular formula is C20H26N2. The minimum atomic E-state index is 0.559. The molecule has 0 radical (unpaired) electrons. The quantitative estimate of drug-likeness (QED) is 0.601. The highest BCUT2D eigenvalue weighted by Gasteiger charge is 2.14. The van der Waals surface area contributed by atoms with Crippen LogP contribution in [-0.2, 0) is 0 Å². The zero-order chi connectivity index (χ0) is 15.2. The molecule has 2 nitrogen and oxygen atoms in total. The SMILES string of the molecule is CC1=C(CC(=NNC2CCCCC2)c2ccccc2)CC=C1. The number of benzene rings is 1. The van der Waals surface area contributed by atoms with Crippen LogP contribution in [-0.4, -0.2) is 11.8 Å². The van der Waals surface area contributed by atoms with Crippen LogP contribution >= 0.6 is 0 Å². The Bertz CT molecular complexity index is 575. The molecule has 1 saturated carbocycles. The Morgan fingerprint density at radius 3 is 2.59 bits per heavy atom. The van der Waals surface area contributed by atoms with Crippen molar-refractivity contribution in [3.8, 4) is 0 Å². The van der Waals surface area contributed by atoms with E-state index in [9.17, 15) is 0 Å². The second kappa shape index (κ2) is 7.44. The summed E-state index contributed by atoms with van der Waals surface area (Å²) in [6, 6.07) is 11.2. The van der Waals surface area contributed by atoms with Gasteiger partial charge in [-0.25, -0.2) is 0 Å². The summed E-state index contributed by atoms with van der Waals surface area (Å²) in [6.07, 6.45) is 13.1. The molecule has 1 fully saturated rings. The topological polar surface area (TPSA) is 24.4 Å². The van der Waals surface area contributed by atoms with Gasteiger partial charge in [-0.3, -0.25) is 0 Å². The van der Waals surface area contributed by atoms with E-state index in [1.165, 1.54) is 54.5 Å². The Balaban J connectivity index is 1.75. The van der Waals surface area contributed by atoms with Crippen molar-refractivity contribution in [1.29, 1.82) is 0 Å². The first kappa shape index (κ1) is 15.1. The van der Waals surface area contributed by atoms with Gasteiger partial charge in [-0.1, -0.05) is 72.9 Å². The maximum Gasteiger partial charge on any atom is 0.0715 e. The summed E-state index contributed by atoms with van der Waals surface area (Å²) in [5.74, 6) is 0. The molecule has 0 heterocycles. The highest BCUT2D eigenvalue weighted by atomic mass is 15.3. The molecule has 22 heavy (non-hydrogen) atoms. The highest BCUT2D eigenvalue weighted by Crippen LogP contribution is 2.24. The third-order valence-electron chi connectivity index (χ3n) is 4.76. The largest absolute Gasteiger partial charge is 0.307 e. The fourth-order valence-corrected chi connectivity index (χ4v) is 3.31. The van der Waals surface area contributed by atoms with Crippen LogP contribution < -0.4 is 5.43 Å². The van der Waals surface area contributed by atoms with Crippen LogP contribution in [0.3, 0.4) is 0 Å². The van der Waals surface area contributed by atoms with Crippen LogP contribution in [0.4, 0.5) is 0 Å². The van der Waals surface area contributed by atoms with Crippen molar-refractivity contribution in [2.45, 2.75) is 57.9 Å². The van der Waals surface area contributed by atoms with Crippen LogP contribution in [0.5, 0.6) is 0 Å². The third-order valence-corrected chi connectivity index (χ3v) is 4.76. The molecule has 0 aliphatic heterocycles. The molecule has 0 bridgehead atoms. The first-order chi connectivity index (χ1) is 10.8. The van der Waals surface area contributed by atoms with E-state index in [-0.39, 0.29) is 0 Å². The molecule has 0 amide bonds. The zero-order valence-corrected chi connectivity index (χ0v) is 13.5. The predicted molar refractivity (Wildman–Crippen MR) is 94.1 cm³/mol. The van der Waals surface area contributed by atoms with E-state index in [0.717, 1.165) is 12.8 Å². The van der Waals surface area contributed by atoms with E-state index >= 15 is 0 Å². The molecule has 116 valence electrons. The molecule has 2 aliphatic rings. The number of allylic oxidation sites excluding steroid dienone is 4. The lowest BCUT2D eigenvalue weighted by molar-refractivity contribution is 0.380. The molecule has 1 aromatic rings. The van der Waals surface area contributed by atoms with Gasteiger partial charge in [-0.15, -0.1) is 0 Å². The van der Waals surface area contributed by atoms with Crippen molar-refractivity contribution in [2.24, 2.45) is 5.10 Å². The van der Waals surface area contributed by atoms with Gasteiger partial charge in [0.05, 0.1) is 5.71 Å². The highest BCUT2D eigenvalue weighted by molar-refractivity contribution is 6.02. The van der Waals surface area contributed by atoms with E-state index in [0.29, 0.717) is 6.04 Å². The Hall–Kier alpha value is -1.83. The summed E-state index contributed by atoms with van der Waals surface area (Å²) in [6.45, 7) is 2.20. The smallest absolute Gasteiger partial charge is 0.0715 e. The van der Waals surface area contributed by atoms with Gasteiger partial charge in [0.15, 0.2) is 0 Å². The molecule has 0 unspecified atom stereocenters. The minimum Gasteiger partial charge on any atom is -0.307 e. The second-order valence-corrected chi connectivity index (χ2v) is 6.46. The average Bonchev–Trinajstić information content (AvgIpc) is 2.98. The van der Waals surface area contributed by atoms with Gasteiger partial charge in [-0.2, -0.15) is 5.10 Å². The Morgan fingerprint density at radius 1 is 1.14 bits per heavy atom. The van der Waals surface area contributed by atoms with Crippen LogP contribution in [0.25, 0.3) is 0 Å². The van der Waals surface area contributed by atoms with Gasteiger partial charge in [0.25, 0.3) is 0 Å².